The molecular weight excluding hydrogens is 267 g/mol. The van der Waals surface area contributed by atoms with Crippen molar-refractivity contribution < 1.29 is 9.18 Å². The predicted molar refractivity (Wildman–Crippen MR) is 81.9 cm³/mol. The molecule has 0 unspecified atom stereocenters. The number of hydrogen-bond donors (Lipinski definition) is 1. The van der Waals surface area contributed by atoms with Gasteiger partial charge in [-0.05, 0) is 63.6 Å². The van der Waals surface area contributed by atoms with Crippen molar-refractivity contribution in [2.45, 2.75) is 40.3 Å². The Morgan fingerprint density at radius 3 is 2.38 bits per heavy atom. The Hall–Kier alpha value is -2.10. The van der Waals surface area contributed by atoms with Crippen LogP contribution in [0.25, 0.3) is 0 Å². The van der Waals surface area contributed by atoms with Crippen molar-refractivity contribution in [1.29, 1.82) is 0 Å². The van der Waals surface area contributed by atoms with Crippen molar-refractivity contribution in [3.05, 3.63) is 58.7 Å². The highest BCUT2D eigenvalue weighted by Gasteiger charge is 2.12. The van der Waals surface area contributed by atoms with Crippen molar-refractivity contribution in [3.63, 3.8) is 0 Å². The molecule has 0 spiro atoms. The molecule has 2 rings (SSSR count). The van der Waals surface area contributed by atoms with Gasteiger partial charge in [-0.2, -0.15) is 0 Å². The highest BCUT2D eigenvalue weighted by atomic mass is 19.1. The molecule has 0 aliphatic carbocycles. The van der Waals surface area contributed by atoms with Crippen LogP contribution in [0.5, 0.6) is 0 Å². The van der Waals surface area contributed by atoms with Crippen LogP contribution in [0, 0.1) is 19.7 Å². The maximum atomic E-state index is 12.8. The number of benzene rings is 1. The first kappa shape index (κ1) is 15.3. The van der Waals surface area contributed by atoms with Crippen LogP contribution in [0.15, 0.2) is 30.3 Å². The van der Waals surface area contributed by atoms with E-state index in [2.05, 4.69) is 43.6 Å². The van der Waals surface area contributed by atoms with Crippen molar-refractivity contribution in [2.75, 3.05) is 0 Å². The van der Waals surface area contributed by atoms with Gasteiger partial charge in [-0.1, -0.05) is 0 Å². The minimum absolute atomic E-state index is 0.190. The summed E-state index contributed by atoms with van der Waals surface area (Å²) < 4.78 is 15.1. The van der Waals surface area contributed by atoms with E-state index < -0.39 is 0 Å². The van der Waals surface area contributed by atoms with E-state index in [1.165, 1.54) is 35.7 Å². The molecule has 0 saturated heterocycles. The number of halogens is 1. The SMILES string of the molecule is Cc1cc(CNC(=O)c2ccc(F)cc2)c(C)n1C(C)C. The van der Waals surface area contributed by atoms with Gasteiger partial charge in [0.15, 0.2) is 0 Å². The number of aromatic nitrogens is 1. The third kappa shape index (κ3) is 3.32. The molecule has 1 aromatic carbocycles. The largest absolute Gasteiger partial charge is 0.348 e. The monoisotopic (exact) mass is 288 g/mol. The summed E-state index contributed by atoms with van der Waals surface area (Å²) in [5.41, 5.74) is 3.93. The highest BCUT2D eigenvalue weighted by Crippen LogP contribution is 2.20. The van der Waals surface area contributed by atoms with Gasteiger partial charge in [-0.15, -0.1) is 0 Å². The Kier molecular flexibility index (Phi) is 4.46. The Morgan fingerprint density at radius 2 is 1.86 bits per heavy atom. The normalized spacial score (nSPS) is 11.0. The first-order chi connectivity index (χ1) is 9.90. The number of nitrogens with zero attached hydrogens (tertiary/aromatic N) is 1. The van der Waals surface area contributed by atoms with Crippen LogP contribution in [-0.2, 0) is 6.54 Å². The summed E-state index contributed by atoms with van der Waals surface area (Å²) in [6.45, 7) is 8.88. The Balaban J connectivity index is 2.08. The average Bonchev–Trinajstić information content (AvgIpc) is 2.71. The molecule has 4 heteroatoms. The Morgan fingerprint density at radius 1 is 1.24 bits per heavy atom. The van der Waals surface area contributed by atoms with E-state index in [9.17, 15) is 9.18 Å². The Bertz CT molecular complexity index is 642. The number of rotatable bonds is 4. The number of hydrogen-bond acceptors (Lipinski definition) is 1. The van der Waals surface area contributed by atoms with Crippen LogP contribution in [-0.4, -0.2) is 10.5 Å². The molecule has 0 bridgehead atoms. The second-order valence-electron chi connectivity index (χ2n) is 5.55. The maximum Gasteiger partial charge on any atom is 0.251 e. The number of nitrogens with one attached hydrogen (secondary N) is 1. The molecule has 0 saturated carbocycles. The molecule has 1 amide bonds. The quantitative estimate of drug-likeness (QED) is 0.913. The van der Waals surface area contributed by atoms with E-state index in [1.54, 1.807) is 0 Å². The van der Waals surface area contributed by atoms with Crippen LogP contribution in [0.3, 0.4) is 0 Å². The molecular formula is C17H21FN2O. The third-order valence-electron chi connectivity index (χ3n) is 3.65. The van der Waals surface area contributed by atoms with Crippen LogP contribution in [0.2, 0.25) is 0 Å². The highest BCUT2D eigenvalue weighted by molar-refractivity contribution is 5.94. The van der Waals surface area contributed by atoms with Crippen LogP contribution >= 0.6 is 0 Å². The summed E-state index contributed by atoms with van der Waals surface area (Å²) in [7, 11) is 0. The molecule has 21 heavy (non-hydrogen) atoms. The zero-order chi connectivity index (χ0) is 15.6. The fourth-order valence-electron chi connectivity index (χ4n) is 2.70. The van der Waals surface area contributed by atoms with Gasteiger partial charge in [0.25, 0.3) is 5.91 Å². The molecule has 1 aromatic heterocycles. The number of amides is 1. The van der Waals surface area contributed by atoms with Crippen molar-refractivity contribution in [1.82, 2.24) is 9.88 Å². The third-order valence-corrected chi connectivity index (χ3v) is 3.65. The smallest absolute Gasteiger partial charge is 0.251 e. The van der Waals surface area contributed by atoms with Gasteiger partial charge in [0.1, 0.15) is 5.82 Å². The van der Waals surface area contributed by atoms with Gasteiger partial charge in [-0.3, -0.25) is 4.79 Å². The zero-order valence-corrected chi connectivity index (χ0v) is 12.9. The summed E-state index contributed by atoms with van der Waals surface area (Å²) in [5, 5.41) is 2.88. The van der Waals surface area contributed by atoms with E-state index >= 15 is 0 Å². The molecule has 0 atom stereocenters. The average molecular weight is 288 g/mol. The van der Waals surface area contributed by atoms with Crippen LogP contribution in [0.4, 0.5) is 4.39 Å². The van der Waals surface area contributed by atoms with Gasteiger partial charge in [0.05, 0.1) is 0 Å². The fourth-order valence-corrected chi connectivity index (χ4v) is 2.70. The lowest BCUT2D eigenvalue weighted by Crippen LogP contribution is -2.23. The standard InChI is InChI=1S/C17H21FN2O/c1-11(2)20-12(3)9-15(13(20)4)10-19-17(21)14-5-7-16(18)8-6-14/h5-9,11H,10H2,1-4H3,(H,19,21). The summed E-state index contributed by atoms with van der Waals surface area (Å²) >= 11 is 0. The van der Waals surface area contributed by atoms with Crippen LogP contribution in [0.1, 0.15) is 47.2 Å². The molecule has 0 aliphatic rings. The number of aryl methyl sites for hydroxylation is 1. The van der Waals surface area contributed by atoms with Crippen molar-refractivity contribution >= 4 is 5.91 Å². The van der Waals surface area contributed by atoms with E-state index in [0.29, 0.717) is 18.2 Å². The van der Waals surface area contributed by atoms with E-state index in [0.717, 1.165) is 5.56 Å². The van der Waals surface area contributed by atoms with E-state index in [1.807, 2.05) is 0 Å². The molecule has 3 nitrogen and oxygen atoms in total. The molecule has 1 heterocycles. The molecule has 1 N–H and O–H groups in total. The summed E-state index contributed by atoms with van der Waals surface area (Å²) in [4.78, 5) is 12.0. The molecule has 0 radical (unpaired) electrons. The maximum absolute atomic E-state index is 12.8. The zero-order valence-electron chi connectivity index (χ0n) is 12.9. The predicted octanol–water partition coefficient (Wildman–Crippen LogP) is 3.75. The molecule has 112 valence electrons. The second-order valence-corrected chi connectivity index (χ2v) is 5.55. The van der Waals surface area contributed by atoms with Gasteiger partial charge in [0, 0.05) is 29.5 Å². The van der Waals surface area contributed by atoms with Crippen LogP contribution < -0.4 is 5.32 Å². The molecule has 0 fully saturated rings. The fraction of sp³-hybridized carbons (Fsp3) is 0.353. The van der Waals surface area contributed by atoms with Crippen molar-refractivity contribution in [2.24, 2.45) is 0 Å². The first-order valence-corrected chi connectivity index (χ1v) is 7.11. The van der Waals surface area contributed by atoms with Gasteiger partial charge in [0.2, 0.25) is 0 Å². The summed E-state index contributed by atoms with van der Waals surface area (Å²) in [6.07, 6.45) is 0. The summed E-state index contributed by atoms with van der Waals surface area (Å²) in [5.74, 6) is -0.531. The second kappa shape index (κ2) is 6.12. The lowest BCUT2D eigenvalue weighted by molar-refractivity contribution is 0.0951. The molecule has 0 aliphatic heterocycles. The van der Waals surface area contributed by atoms with E-state index in [4.69, 9.17) is 0 Å². The lowest BCUT2D eigenvalue weighted by Gasteiger charge is -2.14. The van der Waals surface area contributed by atoms with E-state index in [-0.39, 0.29) is 11.7 Å². The molecule has 2 aromatic rings. The number of carbonyl (C=O) groups is 1. The minimum Gasteiger partial charge on any atom is -0.348 e. The number of carbonyl (C=O) groups excluding carboxylic acids is 1. The summed E-state index contributed by atoms with van der Waals surface area (Å²) in [6, 6.07) is 8.05. The van der Waals surface area contributed by atoms with Gasteiger partial charge >= 0.3 is 0 Å². The Labute approximate surface area is 124 Å². The first-order valence-electron chi connectivity index (χ1n) is 7.11. The van der Waals surface area contributed by atoms with Crippen molar-refractivity contribution in [3.8, 4) is 0 Å². The van der Waals surface area contributed by atoms with Gasteiger partial charge in [-0.25, -0.2) is 4.39 Å². The minimum atomic E-state index is -0.341. The topological polar surface area (TPSA) is 34.0 Å². The van der Waals surface area contributed by atoms with Gasteiger partial charge < -0.3 is 9.88 Å². The lowest BCUT2D eigenvalue weighted by atomic mass is 10.2.